The standard InChI is InChI=1S/C12H12N2O3S/c1-3-17-12-5-4-9(6-11(12)14(15)16)10-7-18-8(2)13-10/h4-7H,3H2,1-2H3. The van der Waals surface area contributed by atoms with E-state index in [2.05, 4.69) is 4.98 Å². The molecular formula is C12H12N2O3S. The first-order valence-corrected chi connectivity index (χ1v) is 6.33. The lowest BCUT2D eigenvalue weighted by Crippen LogP contribution is -1.97. The zero-order chi connectivity index (χ0) is 13.1. The van der Waals surface area contributed by atoms with Gasteiger partial charge in [-0.25, -0.2) is 4.98 Å². The summed E-state index contributed by atoms with van der Waals surface area (Å²) in [6.07, 6.45) is 0. The van der Waals surface area contributed by atoms with Crippen molar-refractivity contribution in [2.45, 2.75) is 13.8 Å². The van der Waals surface area contributed by atoms with Gasteiger partial charge in [0.25, 0.3) is 0 Å². The predicted molar refractivity (Wildman–Crippen MR) is 70.1 cm³/mol. The third-order valence-electron chi connectivity index (χ3n) is 2.37. The summed E-state index contributed by atoms with van der Waals surface area (Å²) in [5.74, 6) is 0.290. The van der Waals surface area contributed by atoms with Crippen molar-refractivity contribution in [3.05, 3.63) is 38.7 Å². The van der Waals surface area contributed by atoms with E-state index in [-0.39, 0.29) is 5.69 Å². The highest BCUT2D eigenvalue weighted by Crippen LogP contribution is 2.32. The Labute approximate surface area is 108 Å². The number of hydrogen-bond donors (Lipinski definition) is 0. The van der Waals surface area contributed by atoms with E-state index in [1.165, 1.54) is 17.4 Å². The van der Waals surface area contributed by atoms with Crippen LogP contribution >= 0.6 is 11.3 Å². The van der Waals surface area contributed by atoms with Gasteiger partial charge in [0, 0.05) is 17.0 Å². The van der Waals surface area contributed by atoms with Crippen LogP contribution in [0.25, 0.3) is 11.3 Å². The fourth-order valence-electron chi connectivity index (χ4n) is 1.59. The third kappa shape index (κ3) is 2.48. The molecule has 6 heteroatoms. The van der Waals surface area contributed by atoms with E-state index in [4.69, 9.17) is 4.74 Å². The third-order valence-corrected chi connectivity index (χ3v) is 3.14. The number of nitro groups is 1. The monoisotopic (exact) mass is 264 g/mol. The number of ether oxygens (including phenoxy) is 1. The minimum atomic E-state index is -0.437. The second-order valence-electron chi connectivity index (χ2n) is 3.62. The lowest BCUT2D eigenvalue weighted by Gasteiger charge is -2.05. The summed E-state index contributed by atoms with van der Waals surface area (Å²) < 4.78 is 5.23. The molecule has 1 aromatic carbocycles. The highest BCUT2D eigenvalue weighted by molar-refractivity contribution is 7.09. The quantitative estimate of drug-likeness (QED) is 0.627. The van der Waals surface area contributed by atoms with E-state index in [0.717, 1.165) is 16.3 Å². The van der Waals surface area contributed by atoms with Gasteiger partial charge in [0.1, 0.15) is 0 Å². The van der Waals surface area contributed by atoms with Gasteiger partial charge in [0.05, 0.1) is 22.2 Å². The van der Waals surface area contributed by atoms with Gasteiger partial charge in [-0.05, 0) is 26.0 Å². The lowest BCUT2D eigenvalue weighted by atomic mass is 10.1. The van der Waals surface area contributed by atoms with Crippen LogP contribution in [0.5, 0.6) is 5.75 Å². The maximum Gasteiger partial charge on any atom is 0.311 e. The molecule has 0 bridgehead atoms. The van der Waals surface area contributed by atoms with Crippen molar-refractivity contribution < 1.29 is 9.66 Å². The Balaban J connectivity index is 2.46. The summed E-state index contributed by atoms with van der Waals surface area (Å²) in [5, 5.41) is 13.8. The minimum absolute atomic E-state index is 0.0278. The molecule has 0 aliphatic rings. The second kappa shape index (κ2) is 5.14. The molecule has 0 unspecified atom stereocenters. The fraction of sp³-hybridized carbons (Fsp3) is 0.250. The molecule has 0 N–H and O–H groups in total. The Hall–Kier alpha value is -1.95. The summed E-state index contributed by atoms with van der Waals surface area (Å²) in [6, 6.07) is 4.90. The van der Waals surface area contributed by atoms with Gasteiger partial charge in [0.2, 0.25) is 0 Å². The Morgan fingerprint density at radius 3 is 2.83 bits per heavy atom. The van der Waals surface area contributed by atoms with Gasteiger partial charge in [0.15, 0.2) is 5.75 Å². The van der Waals surface area contributed by atoms with Gasteiger partial charge in [-0.15, -0.1) is 11.3 Å². The largest absolute Gasteiger partial charge is 0.487 e. The molecule has 0 saturated heterocycles. The van der Waals surface area contributed by atoms with E-state index < -0.39 is 4.92 Å². The number of hydrogen-bond acceptors (Lipinski definition) is 5. The molecule has 1 heterocycles. The summed E-state index contributed by atoms with van der Waals surface area (Å²) >= 11 is 1.52. The molecule has 0 aliphatic heterocycles. The van der Waals surface area contributed by atoms with E-state index in [1.54, 1.807) is 19.1 Å². The number of thiazole rings is 1. The van der Waals surface area contributed by atoms with E-state index in [9.17, 15) is 10.1 Å². The average molecular weight is 264 g/mol. The molecule has 0 spiro atoms. The summed E-state index contributed by atoms with van der Waals surface area (Å²) in [5.41, 5.74) is 1.46. The van der Waals surface area contributed by atoms with Crippen molar-refractivity contribution in [2.24, 2.45) is 0 Å². The SMILES string of the molecule is CCOc1ccc(-c2csc(C)n2)cc1[N+](=O)[O-]. The maximum absolute atomic E-state index is 11.0. The van der Waals surface area contributed by atoms with Gasteiger partial charge < -0.3 is 4.74 Å². The first kappa shape index (κ1) is 12.5. The van der Waals surface area contributed by atoms with Crippen molar-refractivity contribution in [1.29, 1.82) is 0 Å². The molecule has 2 rings (SSSR count). The van der Waals surface area contributed by atoms with Crippen LogP contribution in [0.15, 0.2) is 23.6 Å². The second-order valence-corrected chi connectivity index (χ2v) is 4.69. The van der Waals surface area contributed by atoms with Crippen molar-refractivity contribution in [1.82, 2.24) is 4.98 Å². The van der Waals surface area contributed by atoms with Crippen molar-refractivity contribution in [2.75, 3.05) is 6.61 Å². The Morgan fingerprint density at radius 1 is 1.50 bits per heavy atom. The highest BCUT2D eigenvalue weighted by atomic mass is 32.1. The minimum Gasteiger partial charge on any atom is -0.487 e. The Kier molecular flexibility index (Phi) is 3.57. The van der Waals surface area contributed by atoms with Crippen LogP contribution in [0.4, 0.5) is 5.69 Å². The van der Waals surface area contributed by atoms with Crippen LogP contribution in [0.2, 0.25) is 0 Å². The van der Waals surface area contributed by atoms with Crippen LogP contribution in [-0.4, -0.2) is 16.5 Å². The molecule has 0 aliphatic carbocycles. The average Bonchev–Trinajstić information content (AvgIpc) is 2.76. The number of aryl methyl sites for hydroxylation is 1. The molecule has 0 saturated carbocycles. The van der Waals surface area contributed by atoms with Crippen LogP contribution in [0.1, 0.15) is 11.9 Å². The summed E-state index contributed by atoms with van der Waals surface area (Å²) in [4.78, 5) is 14.9. The van der Waals surface area contributed by atoms with Crippen LogP contribution in [0, 0.1) is 17.0 Å². The topological polar surface area (TPSA) is 65.3 Å². The van der Waals surface area contributed by atoms with Crippen LogP contribution in [-0.2, 0) is 0 Å². The molecule has 94 valence electrons. The van der Waals surface area contributed by atoms with Crippen molar-refractivity contribution in [3.63, 3.8) is 0 Å². The molecule has 0 radical (unpaired) electrons. The molecule has 0 fully saturated rings. The molecule has 5 nitrogen and oxygen atoms in total. The predicted octanol–water partition coefficient (Wildman–Crippen LogP) is 3.43. The first-order valence-electron chi connectivity index (χ1n) is 5.45. The van der Waals surface area contributed by atoms with E-state index in [0.29, 0.717) is 12.4 Å². The van der Waals surface area contributed by atoms with Gasteiger partial charge in [-0.2, -0.15) is 0 Å². The zero-order valence-electron chi connectivity index (χ0n) is 10.0. The van der Waals surface area contributed by atoms with Gasteiger partial charge in [-0.3, -0.25) is 10.1 Å². The van der Waals surface area contributed by atoms with E-state index >= 15 is 0 Å². The van der Waals surface area contributed by atoms with E-state index in [1.807, 2.05) is 12.3 Å². The van der Waals surface area contributed by atoms with Crippen molar-refractivity contribution >= 4 is 17.0 Å². The molecule has 18 heavy (non-hydrogen) atoms. The molecule has 0 amide bonds. The number of nitro benzene ring substituents is 1. The number of benzene rings is 1. The van der Waals surface area contributed by atoms with Gasteiger partial charge >= 0.3 is 5.69 Å². The number of rotatable bonds is 4. The van der Waals surface area contributed by atoms with Gasteiger partial charge in [-0.1, -0.05) is 0 Å². The Morgan fingerprint density at radius 2 is 2.28 bits per heavy atom. The smallest absolute Gasteiger partial charge is 0.311 e. The number of aromatic nitrogens is 1. The highest BCUT2D eigenvalue weighted by Gasteiger charge is 2.17. The maximum atomic E-state index is 11.0. The zero-order valence-corrected chi connectivity index (χ0v) is 10.9. The molecule has 1 aromatic heterocycles. The normalized spacial score (nSPS) is 10.3. The summed E-state index contributed by atoms with van der Waals surface area (Å²) in [7, 11) is 0. The molecule has 2 aromatic rings. The summed E-state index contributed by atoms with van der Waals surface area (Å²) in [6.45, 7) is 4.09. The first-order chi connectivity index (χ1) is 8.61. The molecule has 0 atom stereocenters. The van der Waals surface area contributed by atoms with Crippen LogP contribution in [0.3, 0.4) is 0 Å². The molecular weight excluding hydrogens is 252 g/mol. The lowest BCUT2D eigenvalue weighted by molar-refractivity contribution is -0.385. The Bertz CT molecular complexity index is 580. The fourth-order valence-corrected chi connectivity index (χ4v) is 2.21. The van der Waals surface area contributed by atoms with Crippen molar-refractivity contribution in [3.8, 4) is 17.0 Å². The van der Waals surface area contributed by atoms with Crippen LogP contribution < -0.4 is 4.74 Å². The number of nitrogens with zero attached hydrogens (tertiary/aromatic N) is 2.